The molecule has 6 heteroatoms. The molecule has 0 N–H and O–H groups in total. The number of carbonyl (C=O) groups excluding carboxylic acids is 1. The lowest BCUT2D eigenvalue weighted by molar-refractivity contribution is 0.0477. The molecule has 0 radical (unpaired) electrons. The molecule has 1 aromatic carbocycles. The van der Waals surface area contributed by atoms with Gasteiger partial charge in [0.25, 0.3) is 5.91 Å². The van der Waals surface area contributed by atoms with Gasteiger partial charge in [0.1, 0.15) is 5.75 Å². The first-order valence-electron chi connectivity index (χ1n) is 6.67. The predicted molar refractivity (Wildman–Crippen MR) is 84.9 cm³/mol. The van der Waals surface area contributed by atoms with Gasteiger partial charge in [-0.15, -0.1) is 0 Å². The summed E-state index contributed by atoms with van der Waals surface area (Å²) in [5.41, 5.74) is 0.528. The normalized spacial score (nSPS) is 12.0. The van der Waals surface area contributed by atoms with Gasteiger partial charge in [-0.05, 0) is 25.1 Å². The molecular weight excluding hydrogens is 338 g/mol. The van der Waals surface area contributed by atoms with E-state index in [1.54, 1.807) is 38.4 Å². The Morgan fingerprint density at radius 2 is 2.00 bits per heavy atom. The third-order valence-electron chi connectivity index (χ3n) is 3.13. The van der Waals surface area contributed by atoms with E-state index in [0.29, 0.717) is 31.1 Å². The minimum atomic E-state index is -0.0963. The van der Waals surface area contributed by atoms with E-state index < -0.39 is 0 Å². The Bertz CT molecular complexity index is 467. The highest BCUT2D eigenvalue weighted by molar-refractivity contribution is 9.10. The molecule has 1 aromatic rings. The van der Waals surface area contributed by atoms with Gasteiger partial charge in [-0.3, -0.25) is 4.79 Å². The lowest BCUT2D eigenvalue weighted by Gasteiger charge is -2.29. The molecule has 0 aliphatic carbocycles. The zero-order valence-electron chi connectivity index (χ0n) is 12.9. The number of rotatable bonds is 8. The van der Waals surface area contributed by atoms with Gasteiger partial charge in [0.15, 0.2) is 0 Å². The number of ether oxygens (including phenoxy) is 3. The Balaban J connectivity index is 3.03. The second-order valence-electron chi connectivity index (χ2n) is 4.64. The second-order valence-corrected chi connectivity index (χ2v) is 5.56. The van der Waals surface area contributed by atoms with Crippen LogP contribution in [-0.2, 0) is 9.47 Å². The minimum Gasteiger partial charge on any atom is -0.496 e. The van der Waals surface area contributed by atoms with E-state index in [9.17, 15) is 4.79 Å². The van der Waals surface area contributed by atoms with Gasteiger partial charge in [0.2, 0.25) is 0 Å². The number of benzene rings is 1. The molecule has 1 unspecified atom stereocenters. The Morgan fingerprint density at radius 3 is 2.57 bits per heavy atom. The monoisotopic (exact) mass is 359 g/mol. The van der Waals surface area contributed by atoms with E-state index >= 15 is 0 Å². The van der Waals surface area contributed by atoms with Crippen molar-refractivity contribution in [3.05, 3.63) is 28.2 Å². The topological polar surface area (TPSA) is 48.0 Å². The van der Waals surface area contributed by atoms with Gasteiger partial charge in [-0.2, -0.15) is 0 Å². The number of amides is 1. The average molecular weight is 360 g/mol. The van der Waals surface area contributed by atoms with Crippen molar-refractivity contribution >= 4 is 21.8 Å². The molecule has 1 rings (SSSR count). The van der Waals surface area contributed by atoms with Gasteiger partial charge >= 0.3 is 0 Å². The number of carbonyl (C=O) groups is 1. The van der Waals surface area contributed by atoms with Gasteiger partial charge in [-0.25, -0.2) is 0 Å². The zero-order valence-corrected chi connectivity index (χ0v) is 14.5. The molecule has 0 bridgehead atoms. The first-order chi connectivity index (χ1) is 10.0. The van der Waals surface area contributed by atoms with Crippen molar-refractivity contribution in [3.63, 3.8) is 0 Å². The van der Waals surface area contributed by atoms with Crippen molar-refractivity contribution in [2.75, 3.05) is 41.1 Å². The molecule has 0 spiro atoms. The fourth-order valence-corrected chi connectivity index (χ4v) is 2.38. The Kier molecular flexibility index (Phi) is 7.71. The lowest BCUT2D eigenvalue weighted by atomic mass is 10.1. The molecule has 0 aromatic heterocycles. The summed E-state index contributed by atoms with van der Waals surface area (Å²) in [6.07, 6.45) is 0. The van der Waals surface area contributed by atoms with Crippen LogP contribution in [0.15, 0.2) is 22.7 Å². The average Bonchev–Trinajstić information content (AvgIpc) is 2.47. The fraction of sp³-hybridized carbons (Fsp3) is 0.533. The van der Waals surface area contributed by atoms with Crippen LogP contribution < -0.4 is 4.74 Å². The van der Waals surface area contributed by atoms with Gasteiger partial charge in [0, 0.05) is 25.2 Å². The maximum Gasteiger partial charge on any atom is 0.258 e. The second kappa shape index (κ2) is 9.02. The Morgan fingerprint density at radius 1 is 1.29 bits per heavy atom. The van der Waals surface area contributed by atoms with E-state index in [0.717, 1.165) is 4.47 Å². The smallest absolute Gasteiger partial charge is 0.258 e. The third-order valence-corrected chi connectivity index (χ3v) is 3.62. The van der Waals surface area contributed by atoms with E-state index in [1.165, 1.54) is 0 Å². The largest absolute Gasteiger partial charge is 0.496 e. The summed E-state index contributed by atoms with van der Waals surface area (Å²) in [5, 5.41) is 0. The van der Waals surface area contributed by atoms with Crippen molar-refractivity contribution in [1.82, 2.24) is 4.90 Å². The lowest BCUT2D eigenvalue weighted by Crippen LogP contribution is -2.43. The van der Waals surface area contributed by atoms with Crippen LogP contribution in [0.5, 0.6) is 5.75 Å². The molecule has 0 aliphatic heterocycles. The number of methoxy groups -OCH3 is 3. The van der Waals surface area contributed by atoms with Crippen molar-refractivity contribution < 1.29 is 19.0 Å². The van der Waals surface area contributed by atoms with Crippen LogP contribution in [0.1, 0.15) is 17.3 Å². The summed E-state index contributed by atoms with van der Waals surface area (Å²) < 4.78 is 16.4. The molecule has 1 amide bonds. The molecule has 0 saturated heterocycles. The summed E-state index contributed by atoms with van der Waals surface area (Å²) in [4.78, 5) is 14.5. The zero-order chi connectivity index (χ0) is 15.8. The quantitative estimate of drug-likeness (QED) is 0.715. The minimum absolute atomic E-state index is 0.0500. The highest BCUT2D eigenvalue weighted by Gasteiger charge is 2.24. The fourth-order valence-electron chi connectivity index (χ4n) is 2.04. The van der Waals surface area contributed by atoms with E-state index in [4.69, 9.17) is 14.2 Å². The molecule has 0 saturated carbocycles. The summed E-state index contributed by atoms with van der Waals surface area (Å²) in [7, 11) is 4.79. The molecule has 5 nitrogen and oxygen atoms in total. The van der Waals surface area contributed by atoms with Crippen molar-refractivity contribution in [1.29, 1.82) is 0 Å². The Hall–Kier alpha value is -1.11. The maximum absolute atomic E-state index is 12.8. The molecule has 0 fully saturated rings. The van der Waals surface area contributed by atoms with Gasteiger partial charge < -0.3 is 19.1 Å². The summed E-state index contributed by atoms with van der Waals surface area (Å²) in [5.74, 6) is 0.447. The van der Waals surface area contributed by atoms with Crippen LogP contribution in [0.4, 0.5) is 0 Å². The first-order valence-corrected chi connectivity index (χ1v) is 7.46. The predicted octanol–water partition coefficient (Wildman–Crippen LogP) is 2.58. The van der Waals surface area contributed by atoms with Crippen molar-refractivity contribution in [2.24, 2.45) is 0 Å². The summed E-state index contributed by atoms with van der Waals surface area (Å²) in [6, 6.07) is 5.31. The molecule has 0 aliphatic rings. The number of nitrogens with zero attached hydrogens (tertiary/aromatic N) is 1. The summed E-state index contributed by atoms with van der Waals surface area (Å²) in [6.45, 7) is 3.38. The number of hydrogen-bond donors (Lipinski definition) is 0. The highest BCUT2D eigenvalue weighted by atomic mass is 79.9. The Labute approximate surface area is 134 Å². The molecular formula is C15H22BrNO4. The van der Waals surface area contributed by atoms with Gasteiger partial charge in [0.05, 0.1) is 31.9 Å². The number of hydrogen-bond acceptors (Lipinski definition) is 4. The highest BCUT2D eigenvalue weighted by Crippen LogP contribution is 2.25. The SMILES string of the molecule is COCCN(C(=O)c1ccc(Br)cc1OC)C(C)COC. The number of halogens is 1. The van der Waals surface area contributed by atoms with Gasteiger partial charge in [-0.1, -0.05) is 15.9 Å². The van der Waals surface area contributed by atoms with E-state index in [-0.39, 0.29) is 11.9 Å². The van der Waals surface area contributed by atoms with E-state index in [2.05, 4.69) is 15.9 Å². The summed E-state index contributed by atoms with van der Waals surface area (Å²) >= 11 is 3.37. The standard InChI is InChI=1S/C15H22BrNO4/c1-11(10-20-3)17(7-8-19-2)15(18)13-6-5-12(16)9-14(13)21-4/h5-6,9,11H,7-8,10H2,1-4H3. The van der Waals surface area contributed by atoms with Crippen LogP contribution in [0, 0.1) is 0 Å². The molecule has 118 valence electrons. The van der Waals surface area contributed by atoms with Crippen LogP contribution in [0.2, 0.25) is 0 Å². The van der Waals surface area contributed by atoms with Crippen molar-refractivity contribution in [3.8, 4) is 5.75 Å². The van der Waals surface area contributed by atoms with Crippen LogP contribution in [-0.4, -0.2) is 57.9 Å². The first kappa shape index (κ1) is 17.9. The van der Waals surface area contributed by atoms with E-state index in [1.807, 2.05) is 13.0 Å². The van der Waals surface area contributed by atoms with Crippen molar-refractivity contribution in [2.45, 2.75) is 13.0 Å². The third kappa shape index (κ3) is 4.98. The molecule has 1 atom stereocenters. The molecule has 21 heavy (non-hydrogen) atoms. The van der Waals surface area contributed by atoms with Crippen LogP contribution >= 0.6 is 15.9 Å². The van der Waals surface area contributed by atoms with Crippen LogP contribution in [0.3, 0.4) is 0 Å². The molecule has 0 heterocycles. The van der Waals surface area contributed by atoms with Crippen LogP contribution in [0.25, 0.3) is 0 Å². The maximum atomic E-state index is 12.8.